The number of rotatable bonds is 3. The molecule has 7 heteroatoms. The molecule has 3 aromatic rings. The number of nitrogens with two attached hydrogens (primary N) is 1. The molecule has 0 unspecified atom stereocenters. The van der Waals surface area contributed by atoms with Crippen molar-refractivity contribution in [2.45, 2.75) is 0 Å². The van der Waals surface area contributed by atoms with Crippen LogP contribution in [0.1, 0.15) is 21.5 Å². The fourth-order valence-electron chi connectivity index (χ4n) is 2.89. The van der Waals surface area contributed by atoms with E-state index in [1.165, 1.54) is 12.1 Å². The number of pyridine rings is 1. The molecule has 2 aromatic carbocycles. The Morgan fingerprint density at radius 3 is 2.30 bits per heavy atom. The van der Waals surface area contributed by atoms with Crippen molar-refractivity contribution in [2.75, 3.05) is 5.73 Å². The molecule has 0 atom stereocenters. The summed E-state index contributed by atoms with van der Waals surface area (Å²) in [4.78, 5) is 25.8. The predicted molar refractivity (Wildman–Crippen MR) is 98.7 cm³/mol. The van der Waals surface area contributed by atoms with Crippen LogP contribution in [0.3, 0.4) is 0 Å². The molecule has 0 amide bonds. The number of nitrogen functional groups attached to an aromatic ring is 1. The smallest absolute Gasteiger partial charge is 0.335 e. The highest BCUT2D eigenvalue weighted by Gasteiger charge is 2.21. The van der Waals surface area contributed by atoms with Gasteiger partial charge in [0.15, 0.2) is 0 Å². The topological polar surface area (TPSA) is 144 Å². The highest BCUT2D eigenvalue weighted by molar-refractivity contribution is 5.93. The third kappa shape index (κ3) is 3.01. The zero-order valence-electron chi connectivity index (χ0n) is 13.9. The van der Waals surface area contributed by atoms with Crippen molar-refractivity contribution in [2.24, 2.45) is 0 Å². The highest BCUT2D eigenvalue weighted by atomic mass is 16.4. The number of aromatic carboxylic acids is 1. The van der Waals surface area contributed by atoms with Gasteiger partial charge in [-0.05, 0) is 28.8 Å². The van der Waals surface area contributed by atoms with E-state index >= 15 is 0 Å². The molecule has 4 N–H and O–H groups in total. The number of carboxylic acids is 1. The standard InChI is InChI=1S/C20H12N4O3/c21-9-15-17(16(10-22)19(25)24-18(15)23)14-7-2-1-6-13(14)11-4-3-5-12(8-11)20(26)27/h1-8H,(H,26,27)(H3,23,24,25). The normalized spacial score (nSPS) is 10.0. The first-order valence-electron chi connectivity index (χ1n) is 7.77. The van der Waals surface area contributed by atoms with Crippen LogP contribution in [-0.2, 0) is 0 Å². The maximum absolute atomic E-state index is 12.2. The molecule has 0 saturated carbocycles. The molecule has 0 aliphatic heterocycles. The van der Waals surface area contributed by atoms with Gasteiger partial charge < -0.3 is 15.8 Å². The lowest BCUT2D eigenvalue weighted by Crippen LogP contribution is -2.16. The molecule has 0 fully saturated rings. The van der Waals surface area contributed by atoms with Crippen molar-refractivity contribution in [3.05, 3.63) is 75.6 Å². The van der Waals surface area contributed by atoms with Crippen LogP contribution in [0.25, 0.3) is 22.3 Å². The average molecular weight is 356 g/mol. The molecular weight excluding hydrogens is 344 g/mol. The number of hydrogen-bond acceptors (Lipinski definition) is 5. The minimum absolute atomic E-state index is 0.0204. The van der Waals surface area contributed by atoms with E-state index in [1.807, 2.05) is 12.1 Å². The van der Waals surface area contributed by atoms with Crippen molar-refractivity contribution >= 4 is 11.8 Å². The molecule has 0 saturated heterocycles. The SMILES string of the molecule is N#Cc1c(N)[nH]c(=O)c(C#N)c1-c1ccccc1-c1cccc(C(=O)O)c1. The van der Waals surface area contributed by atoms with Crippen molar-refractivity contribution < 1.29 is 9.90 Å². The van der Waals surface area contributed by atoms with Crippen LogP contribution in [-0.4, -0.2) is 16.1 Å². The Labute approximate surface area is 153 Å². The van der Waals surface area contributed by atoms with Gasteiger partial charge in [-0.25, -0.2) is 4.79 Å². The molecule has 0 bridgehead atoms. The zero-order valence-corrected chi connectivity index (χ0v) is 13.9. The monoisotopic (exact) mass is 356 g/mol. The summed E-state index contributed by atoms with van der Waals surface area (Å²) in [6.07, 6.45) is 0. The van der Waals surface area contributed by atoms with Gasteiger partial charge in [-0.15, -0.1) is 0 Å². The van der Waals surface area contributed by atoms with E-state index in [2.05, 4.69) is 4.98 Å². The number of carboxylic acid groups (broad SMARTS) is 1. The van der Waals surface area contributed by atoms with E-state index in [0.717, 1.165) is 0 Å². The third-order valence-corrected chi connectivity index (χ3v) is 4.09. The van der Waals surface area contributed by atoms with Crippen LogP contribution in [0.5, 0.6) is 0 Å². The number of nitrogens with zero attached hydrogens (tertiary/aromatic N) is 2. The van der Waals surface area contributed by atoms with E-state index in [4.69, 9.17) is 5.73 Å². The van der Waals surface area contributed by atoms with Crippen LogP contribution < -0.4 is 11.3 Å². The summed E-state index contributed by atoms with van der Waals surface area (Å²) >= 11 is 0. The molecule has 7 nitrogen and oxygen atoms in total. The second-order valence-electron chi connectivity index (χ2n) is 5.65. The van der Waals surface area contributed by atoms with E-state index in [9.17, 15) is 25.2 Å². The van der Waals surface area contributed by atoms with E-state index in [1.54, 1.807) is 36.4 Å². The number of aromatic nitrogens is 1. The molecule has 0 aliphatic rings. The Morgan fingerprint density at radius 1 is 1.00 bits per heavy atom. The highest BCUT2D eigenvalue weighted by Crippen LogP contribution is 2.36. The molecule has 0 spiro atoms. The number of anilines is 1. The minimum Gasteiger partial charge on any atom is -0.478 e. The molecule has 130 valence electrons. The third-order valence-electron chi connectivity index (χ3n) is 4.09. The van der Waals surface area contributed by atoms with Crippen molar-refractivity contribution in [1.29, 1.82) is 10.5 Å². The van der Waals surface area contributed by atoms with Crippen LogP contribution in [0.2, 0.25) is 0 Å². The number of benzene rings is 2. The van der Waals surface area contributed by atoms with Gasteiger partial charge in [-0.2, -0.15) is 10.5 Å². The summed E-state index contributed by atoms with van der Waals surface area (Å²) in [5.74, 6) is -1.21. The van der Waals surface area contributed by atoms with Gasteiger partial charge in [-0.3, -0.25) is 4.79 Å². The van der Waals surface area contributed by atoms with Gasteiger partial charge in [0.05, 0.1) is 5.56 Å². The summed E-state index contributed by atoms with van der Waals surface area (Å²) in [7, 11) is 0. The number of nitriles is 2. The largest absolute Gasteiger partial charge is 0.478 e. The second kappa shape index (κ2) is 6.87. The first-order valence-corrected chi connectivity index (χ1v) is 7.77. The Morgan fingerprint density at radius 2 is 1.67 bits per heavy atom. The molecule has 0 aliphatic carbocycles. The fourth-order valence-corrected chi connectivity index (χ4v) is 2.89. The summed E-state index contributed by atoms with van der Waals surface area (Å²) < 4.78 is 0. The Hall–Kier alpha value is -4.36. The van der Waals surface area contributed by atoms with Crippen LogP contribution >= 0.6 is 0 Å². The predicted octanol–water partition coefficient (Wildman–Crippen LogP) is 2.73. The molecule has 0 radical (unpaired) electrons. The molecule has 3 rings (SSSR count). The maximum Gasteiger partial charge on any atom is 0.335 e. The quantitative estimate of drug-likeness (QED) is 0.658. The first-order chi connectivity index (χ1) is 13.0. The van der Waals surface area contributed by atoms with E-state index in [0.29, 0.717) is 16.7 Å². The summed E-state index contributed by atoms with van der Waals surface area (Å²) in [6.45, 7) is 0. The van der Waals surface area contributed by atoms with Crippen molar-refractivity contribution in [3.8, 4) is 34.4 Å². The van der Waals surface area contributed by atoms with E-state index in [-0.39, 0.29) is 28.1 Å². The van der Waals surface area contributed by atoms with Gasteiger partial charge in [0.2, 0.25) is 0 Å². The van der Waals surface area contributed by atoms with Crippen LogP contribution in [0.4, 0.5) is 5.82 Å². The van der Waals surface area contributed by atoms with Gasteiger partial charge >= 0.3 is 5.97 Å². The lowest BCUT2D eigenvalue weighted by Gasteiger charge is -2.14. The number of hydrogen-bond donors (Lipinski definition) is 3. The Kier molecular flexibility index (Phi) is 4.44. The first kappa shape index (κ1) is 17.5. The summed E-state index contributed by atoms with van der Waals surface area (Å²) in [6, 6.07) is 16.8. The number of H-pyrrole nitrogens is 1. The summed E-state index contributed by atoms with van der Waals surface area (Å²) in [5.41, 5.74) is 6.62. The number of nitrogens with one attached hydrogen (secondary N) is 1. The van der Waals surface area contributed by atoms with Gasteiger partial charge in [0.1, 0.15) is 29.1 Å². The molecule has 1 heterocycles. The average Bonchev–Trinajstić information content (AvgIpc) is 2.67. The lowest BCUT2D eigenvalue weighted by atomic mass is 9.89. The lowest BCUT2D eigenvalue weighted by molar-refractivity contribution is 0.0697. The molecule has 27 heavy (non-hydrogen) atoms. The second-order valence-corrected chi connectivity index (χ2v) is 5.65. The number of aromatic amines is 1. The minimum atomic E-state index is -1.08. The number of carbonyl (C=O) groups is 1. The van der Waals surface area contributed by atoms with Gasteiger partial charge in [0.25, 0.3) is 5.56 Å². The summed E-state index contributed by atoms with van der Waals surface area (Å²) in [5, 5.41) is 28.2. The van der Waals surface area contributed by atoms with Crippen LogP contribution in [0.15, 0.2) is 53.3 Å². The fraction of sp³-hybridized carbons (Fsp3) is 0. The van der Waals surface area contributed by atoms with Crippen molar-refractivity contribution in [1.82, 2.24) is 4.98 Å². The maximum atomic E-state index is 12.2. The van der Waals surface area contributed by atoms with Crippen molar-refractivity contribution in [3.63, 3.8) is 0 Å². The van der Waals surface area contributed by atoms with Gasteiger partial charge in [-0.1, -0.05) is 36.4 Å². The Bertz CT molecular complexity index is 1210. The molecular formula is C20H12N4O3. The van der Waals surface area contributed by atoms with E-state index < -0.39 is 11.5 Å². The zero-order chi connectivity index (χ0) is 19.6. The van der Waals surface area contributed by atoms with Crippen LogP contribution in [0, 0.1) is 22.7 Å². The van der Waals surface area contributed by atoms with Gasteiger partial charge in [0, 0.05) is 5.56 Å². The Balaban J connectivity index is 2.40. The molecule has 1 aromatic heterocycles.